The third kappa shape index (κ3) is 3.01. The summed E-state index contributed by atoms with van der Waals surface area (Å²) in [6, 6.07) is 4.52. The fraction of sp³-hybridized carbons (Fsp3) is 0.250. The van der Waals surface area contributed by atoms with Gasteiger partial charge in [-0.25, -0.2) is 0 Å². The van der Waals surface area contributed by atoms with Gasteiger partial charge in [-0.05, 0) is 6.92 Å². The molecule has 1 aromatic heterocycles. The zero-order valence-electron chi connectivity index (χ0n) is 10.7. The Labute approximate surface area is 110 Å². The first-order valence-corrected chi connectivity index (χ1v) is 5.75. The van der Waals surface area contributed by atoms with Gasteiger partial charge in [0.25, 0.3) is 5.69 Å². The van der Waals surface area contributed by atoms with Crippen LogP contribution >= 0.6 is 0 Å². The van der Waals surface area contributed by atoms with Crippen LogP contribution in [0.1, 0.15) is 6.92 Å². The molecule has 0 spiro atoms. The molecular weight excluding hydrogens is 248 g/mol. The molecule has 0 saturated carbocycles. The summed E-state index contributed by atoms with van der Waals surface area (Å²) in [6.45, 7) is 2.74. The molecule has 0 atom stereocenters. The summed E-state index contributed by atoms with van der Waals surface area (Å²) in [7, 11) is 1.47. The van der Waals surface area contributed by atoms with E-state index in [0.29, 0.717) is 11.4 Å². The normalized spacial score (nSPS) is 10.2. The summed E-state index contributed by atoms with van der Waals surface area (Å²) < 4.78 is 6.81. The van der Waals surface area contributed by atoms with E-state index in [4.69, 9.17) is 4.74 Å². The highest BCUT2D eigenvalue weighted by atomic mass is 16.6. The maximum absolute atomic E-state index is 10.8. The highest BCUT2D eigenvalue weighted by Gasteiger charge is 2.10. The topological polar surface area (TPSA) is 82.2 Å². The molecule has 0 aliphatic carbocycles. The van der Waals surface area contributed by atoms with Crippen molar-refractivity contribution >= 4 is 17.1 Å². The van der Waals surface area contributed by atoms with Gasteiger partial charge in [0.15, 0.2) is 0 Å². The number of nitro groups is 1. The van der Waals surface area contributed by atoms with Gasteiger partial charge in [-0.1, -0.05) is 0 Å². The lowest BCUT2D eigenvalue weighted by Crippen LogP contribution is -1.95. The van der Waals surface area contributed by atoms with Crippen molar-refractivity contribution in [2.45, 2.75) is 13.5 Å². The molecule has 1 heterocycles. The van der Waals surface area contributed by atoms with Crippen molar-refractivity contribution in [2.24, 2.45) is 0 Å². The fourth-order valence-electron chi connectivity index (χ4n) is 1.65. The Bertz CT molecular complexity index is 594. The monoisotopic (exact) mass is 262 g/mol. The number of aromatic nitrogens is 2. The molecule has 0 bridgehead atoms. The molecule has 0 amide bonds. The number of hydrogen-bond donors (Lipinski definition) is 1. The molecule has 2 aromatic rings. The number of nitrogens with zero attached hydrogens (tertiary/aromatic N) is 3. The SMILES string of the molecule is CCn1cc(Nc2cc(OC)cc([N+](=O)[O-])c2)cn1. The second-order valence-corrected chi connectivity index (χ2v) is 3.89. The van der Waals surface area contributed by atoms with Crippen molar-refractivity contribution in [2.75, 3.05) is 12.4 Å². The van der Waals surface area contributed by atoms with Crippen LogP contribution in [0.3, 0.4) is 0 Å². The highest BCUT2D eigenvalue weighted by molar-refractivity contribution is 5.63. The van der Waals surface area contributed by atoms with Crippen molar-refractivity contribution in [3.8, 4) is 5.75 Å². The third-order valence-corrected chi connectivity index (χ3v) is 2.58. The zero-order valence-corrected chi connectivity index (χ0v) is 10.7. The van der Waals surface area contributed by atoms with Gasteiger partial charge in [-0.15, -0.1) is 0 Å². The van der Waals surface area contributed by atoms with E-state index in [9.17, 15) is 10.1 Å². The second kappa shape index (κ2) is 5.38. The van der Waals surface area contributed by atoms with E-state index in [2.05, 4.69) is 10.4 Å². The number of aryl methyl sites for hydroxylation is 1. The van der Waals surface area contributed by atoms with Crippen LogP contribution in [-0.4, -0.2) is 21.8 Å². The van der Waals surface area contributed by atoms with E-state index in [1.54, 1.807) is 16.9 Å². The van der Waals surface area contributed by atoms with E-state index < -0.39 is 4.92 Å². The minimum atomic E-state index is -0.455. The maximum Gasteiger partial charge on any atom is 0.275 e. The Morgan fingerprint density at radius 2 is 2.21 bits per heavy atom. The van der Waals surface area contributed by atoms with Gasteiger partial charge >= 0.3 is 0 Å². The molecule has 19 heavy (non-hydrogen) atoms. The Morgan fingerprint density at radius 1 is 1.42 bits per heavy atom. The predicted molar refractivity (Wildman–Crippen MR) is 70.8 cm³/mol. The Hall–Kier alpha value is -2.57. The summed E-state index contributed by atoms with van der Waals surface area (Å²) in [4.78, 5) is 10.4. The Morgan fingerprint density at radius 3 is 2.79 bits per heavy atom. The molecule has 0 fully saturated rings. The molecule has 1 aromatic carbocycles. The lowest BCUT2D eigenvalue weighted by Gasteiger charge is -2.06. The first-order valence-electron chi connectivity index (χ1n) is 5.75. The molecular formula is C12H14N4O3. The number of non-ortho nitro benzene ring substituents is 1. The first-order chi connectivity index (χ1) is 9.12. The van der Waals surface area contributed by atoms with E-state index in [1.807, 2.05) is 13.1 Å². The lowest BCUT2D eigenvalue weighted by atomic mass is 10.2. The number of ether oxygens (including phenoxy) is 1. The van der Waals surface area contributed by atoms with Crippen LogP contribution in [0, 0.1) is 10.1 Å². The van der Waals surface area contributed by atoms with Gasteiger partial charge in [0, 0.05) is 30.6 Å². The minimum Gasteiger partial charge on any atom is -0.496 e. The van der Waals surface area contributed by atoms with Gasteiger partial charge in [-0.2, -0.15) is 5.10 Å². The average Bonchev–Trinajstić information content (AvgIpc) is 2.85. The molecule has 0 aliphatic heterocycles. The third-order valence-electron chi connectivity index (χ3n) is 2.58. The van der Waals surface area contributed by atoms with Crippen LogP contribution in [-0.2, 0) is 6.54 Å². The Balaban J connectivity index is 2.28. The number of benzene rings is 1. The minimum absolute atomic E-state index is 0.0234. The summed E-state index contributed by atoms with van der Waals surface area (Å²) in [5.41, 5.74) is 1.33. The Kier molecular flexibility index (Phi) is 3.65. The fourth-order valence-corrected chi connectivity index (χ4v) is 1.65. The second-order valence-electron chi connectivity index (χ2n) is 3.89. The van der Waals surface area contributed by atoms with Crippen LogP contribution in [0.4, 0.5) is 17.1 Å². The van der Waals surface area contributed by atoms with Gasteiger partial charge in [0.2, 0.25) is 0 Å². The molecule has 1 N–H and O–H groups in total. The molecule has 0 aliphatic rings. The summed E-state index contributed by atoms with van der Waals surface area (Å²) in [5.74, 6) is 0.430. The number of hydrogen-bond acceptors (Lipinski definition) is 5. The van der Waals surface area contributed by atoms with E-state index in [1.165, 1.54) is 19.2 Å². The van der Waals surface area contributed by atoms with Gasteiger partial charge in [0.1, 0.15) is 5.75 Å². The van der Waals surface area contributed by atoms with Crippen molar-refractivity contribution in [3.63, 3.8) is 0 Å². The average molecular weight is 262 g/mol. The molecule has 7 nitrogen and oxygen atoms in total. The van der Waals surface area contributed by atoms with Gasteiger partial charge < -0.3 is 10.1 Å². The largest absolute Gasteiger partial charge is 0.496 e. The van der Waals surface area contributed by atoms with Crippen LogP contribution in [0.25, 0.3) is 0 Å². The number of methoxy groups -OCH3 is 1. The van der Waals surface area contributed by atoms with Crippen molar-refractivity contribution in [1.82, 2.24) is 9.78 Å². The number of rotatable bonds is 5. The number of nitrogens with one attached hydrogen (secondary N) is 1. The molecule has 100 valence electrons. The van der Waals surface area contributed by atoms with E-state index >= 15 is 0 Å². The maximum atomic E-state index is 10.8. The standard InChI is InChI=1S/C12H14N4O3/c1-3-15-8-10(7-13-15)14-9-4-11(16(17)18)6-12(5-9)19-2/h4-8,14H,3H2,1-2H3. The quantitative estimate of drug-likeness (QED) is 0.661. The molecule has 2 rings (SSSR count). The molecule has 0 saturated heterocycles. The van der Waals surface area contributed by atoms with Crippen molar-refractivity contribution in [3.05, 3.63) is 40.7 Å². The van der Waals surface area contributed by atoms with Crippen LogP contribution in [0.5, 0.6) is 5.75 Å². The van der Waals surface area contributed by atoms with Crippen LogP contribution < -0.4 is 10.1 Å². The zero-order chi connectivity index (χ0) is 13.8. The predicted octanol–water partition coefficient (Wildman–Crippen LogP) is 2.56. The van der Waals surface area contributed by atoms with E-state index in [0.717, 1.165) is 12.2 Å². The van der Waals surface area contributed by atoms with Crippen LogP contribution in [0.15, 0.2) is 30.6 Å². The van der Waals surface area contributed by atoms with Crippen molar-refractivity contribution < 1.29 is 9.66 Å². The highest BCUT2D eigenvalue weighted by Crippen LogP contribution is 2.27. The smallest absolute Gasteiger partial charge is 0.275 e. The summed E-state index contributed by atoms with van der Waals surface area (Å²) in [5, 5.41) is 18.0. The summed E-state index contributed by atoms with van der Waals surface area (Å²) in [6.07, 6.45) is 3.49. The molecule has 0 radical (unpaired) electrons. The van der Waals surface area contributed by atoms with E-state index in [-0.39, 0.29) is 5.69 Å². The van der Waals surface area contributed by atoms with Gasteiger partial charge in [0.05, 0.1) is 30.0 Å². The number of anilines is 2. The number of nitro benzene ring substituents is 1. The van der Waals surface area contributed by atoms with Crippen LogP contribution in [0.2, 0.25) is 0 Å². The summed E-state index contributed by atoms with van der Waals surface area (Å²) >= 11 is 0. The van der Waals surface area contributed by atoms with Crippen molar-refractivity contribution in [1.29, 1.82) is 0 Å². The lowest BCUT2D eigenvalue weighted by molar-refractivity contribution is -0.384. The first kappa shape index (κ1) is 12.9. The van der Waals surface area contributed by atoms with Gasteiger partial charge in [-0.3, -0.25) is 14.8 Å². The molecule has 7 heteroatoms. The molecule has 0 unspecified atom stereocenters.